The van der Waals surface area contributed by atoms with E-state index >= 15 is 0 Å². The quantitative estimate of drug-likeness (QED) is 0.277. The Morgan fingerprint density at radius 2 is 1.32 bits per heavy atom. The molecule has 8 nitrogen and oxygen atoms in total. The van der Waals surface area contributed by atoms with Gasteiger partial charge in [0, 0.05) is 5.69 Å². The second-order valence-corrected chi connectivity index (χ2v) is 8.67. The molecule has 1 fully saturated rings. The van der Waals surface area contributed by atoms with Gasteiger partial charge in [-0.25, -0.2) is 0 Å². The monoisotopic (exact) mass is 503 g/mol. The topological polar surface area (TPSA) is 94.5 Å². The average Bonchev–Trinajstić information content (AvgIpc) is 3.17. The van der Waals surface area contributed by atoms with E-state index in [0.717, 1.165) is 11.1 Å². The lowest BCUT2D eigenvalue weighted by Crippen LogP contribution is -2.29. The van der Waals surface area contributed by atoms with Gasteiger partial charge in [-0.1, -0.05) is 29.3 Å². The molecule has 37 heavy (non-hydrogen) atoms. The van der Waals surface area contributed by atoms with Crippen molar-refractivity contribution in [1.82, 2.24) is 0 Å². The standard InChI is InChI=1S/C29H29NO7/c1-16-7-10-19(11-8-16)30-25(18-14-22(35-4)28(37-6)23(15-18)36-5)24(27(32)29(30)33)26(31)20-13-17(2)9-12-21(20)34-3/h7-15,25,31H,1-6H3/b26-24+. The summed E-state index contributed by atoms with van der Waals surface area (Å²) in [6.07, 6.45) is 0. The van der Waals surface area contributed by atoms with E-state index in [-0.39, 0.29) is 11.3 Å². The number of anilines is 1. The third-order valence-electron chi connectivity index (χ3n) is 6.37. The third-order valence-corrected chi connectivity index (χ3v) is 6.37. The fraction of sp³-hybridized carbons (Fsp3) is 0.241. The van der Waals surface area contributed by atoms with Crippen molar-refractivity contribution in [3.8, 4) is 23.0 Å². The maximum Gasteiger partial charge on any atom is 0.300 e. The fourth-order valence-corrected chi connectivity index (χ4v) is 4.53. The Labute approximate surface area is 215 Å². The summed E-state index contributed by atoms with van der Waals surface area (Å²) in [5.74, 6) is -0.503. The number of aryl methyl sites for hydroxylation is 2. The molecule has 0 spiro atoms. The summed E-state index contributed by atoms with van der Waals surface area (Å²) in [6.45, 7) is 3.79. The lowest BCUT2D eigenvalue weighted by atomic mass is 9.93. The van der Waals surface area contributed by atoms with E-state index in [4.69, 9.17) is 18.9 Å². The number of nitrogens with zero attached hydrogens (tertiary/aromatic N) is 1. The fourth-order valence-electron chi connectivity index (χ4n) is 4.53. The number of methoxy groups -OCH3 is 4. The molecule has 8 heteroatoms. The molecule has 1 heterocycles. The Morgan fingerprint density at radius 3 is 1.86 bits per heavy atom. The van der Waals surface area contributed by atoms with Crippen molar-refractivity contribution in [3.05, 3.63) is 82.4 Å². The summed E-state index contributed by atoms with van der Waals surface area (Å²) in [6, 6.07) is 14.8. The van der Waals surface area contributed by atoms with Crippen molar-refractivity contribution in [2.45, 2.75) is 19.9 Å². The van der Waals surface area contributed by atoms with Gasteiger partial charge in [0.15, 0.2) is 11.5 Å². The van der Waals surface area contributed by atoms with Crippen molar-refractivity contribution >= 4 is 23.1 Å². The van der Waals surface area contributed by atoms with E-state index in [1.54, 1.807) is 36.4 Å². The highest BCUT2D eigenvalue weighted by Gasteiger charge is 2.47. The number of aliphatic hydroxyl groups is 1. The van der Waals surface area contributed by atoms with E-state index in [0.29, 0.717) is 39.8 Å². The first-order valence-electron chi connectivity index (χ1n) is 11.6. The molecular weight excluding hydrogens is 474 g/mol. The normalized spacial score (nSPS) is 16.6. The van der Waals surface area contributed by atoms with Gasteiger partial charge in [-0.2, -0.15) is 0 Å². The molecule has 0 bridgehead atoms. The highest BCUT2D eigenvalue weighted by Crippen LogP contribution is 2.47. The molecule has 3 aromatic carbocycles. The summed E-state index contributed by atoms with van der Waals surface area (Å²) in [4.78, 5) is 28.4. The van der Waals surface area contributed by atoms with Gasteiger partial charge in [-0.05, 0) is 55.8 Å². The van der Waals surface area contributed by atoms with Gasteiger partial charge in [0.05, 0.1) is 45.6 Å². The number of amides is 1. The largest absolute Gasteiger partial charge is 0.507 e. The van der Waals surface area contributed by atoms with E-state index in [1.807, 2.05) is 32.0 Å². The first-order valence-corrected chi connectivity index (χ1v) is 11.6. The molecule has 0 radical (unpaired) electrons. The van der Waals surface area contributed by atoms with Gasteiger partial charge >= 0.3 is 0 Å². The number of carbonyl (C=O) groups excluding carboxylic acids is 2. The molecule has 192 valence electrons. The van der Waals surface area contributed by atoms with Gasteiger partial charge in [0.25, 0.3) is 11.7 Å². The first-order chi connectivity index (χ1) is 17.7. The smallest absolute Gasteiger partial charge is 0.300 e. The Bertz CT molecular complexity index is 1370. The summed E-state index contributed by atoms with van der Waals surface area (Å²) in [7, 11) is 5.93. The van der Waals surface area contributed by atoms with Gasteiger partial charge in [0.1, 0.15) is 11.5 Å². The van der Waals surface area contributed by atoms with Crippen LogP contribution in [0.3, 0.4) is 0 Å². The first kappa shape index (κ1) is 25.6. The van der Waals surface area contributed by atoms with E-state index < -0.39 is 17.7 Å². The van der Waals surface area contributed by atoms with E-state index in [2.05, 4.69) is 0 Å². The molecule has 4 rings (SSSR count). The van der Waals surface area contributed by atoms with Crippen molar-refractivity contribution in [2.24, 2.45) is 0 Å². The SMILES string of the molecule is COc1ccc(C)cc1/C(O)=C1\C(=O)C(=O)N(c2ccc(C)cc2)C1c1cc(OC)c(OC)c(OC)c1. The Hall–Kier alpha value is -4.46. The number of benzene rings is 3. The van der Waals surface area contributed by atoms with Crippen LogP contribution in [0.2, 0.25) is 0 Å². The van der Waals surface area contributed by atoms with Gasteiger partial charge < -0.3 is 24.1 Å². The molecule has 3 aromatic rings. The van der Waals surface area contributed by atoms with Crippen LogP contribution in [0, 0.1) is 13.8 Å². The molecule has 1 N–H and O–H groups in total. The van der Waals surface area contributed by atoms with Crippen LogP contribution in [-0.4, -0.2) is 45.2 Å². The number of Topliss-reactive ketones (excluding diaryl/α,β-unsaturated/α-hetero) is 1. The number of hydrogen-bond donors (Lipinski definition) is 1. The summed E-state index contributed by atoms with van der Waals surface area (Å²) >= 11 is 0. The van der Waals surface area contributed by atoms with Gasteiger partial charge in [0.2, 0.25) is 5.75 Å². The number of aliphatic hydroxyl groups excluding tert-OH is 1. The van der Waals surface area contributed by atoms with Gasteiger partial charge in [-0.3, -0.25) is 14.5 Å². The molecule has 1 saturated heterocycles. The van der Waals surface area contributed by atoms with Crippen molar-refractivity contribution in [1.29, 1.82) is 0 Å². The molecule has 0 aromatic heterocycles. The third kappa shape index (κ3) is 4.46. The second-order valence-electron chi connectivity index (χ2n) is 8.67. The minimum atomic E-state index is -0.985. The maximum absolute atomic E-state index is 13.5. The molecule has 1 atom stereocenters. The lowest BCUT2D eigenvalue weighted by Gasteiger charge is -2.27. The summed E-state index contributed by atoms with van der Waals surface area (Å²) < 4.78 is 22.0. The summed E-state index contributed by atoms with van der Waals surface area (Å²) in [5.41, 5.74) is 3.06. The minimum absolute atomic E-state index is 0.0799. The predicted octanol–water partition coefficient (Wildman–Crippen LogP) is 4.96. The predicted molar refractivity (Wildman–Crippen MR) is 140 cm³/mol. The number of ketones is 1. The highest BCUT2D eigenvalue weighted by molar-refractivity contribution is 6.51. The van der Waals surface area contributed by atoms with Crippen molar-refractivity contribution < 1.29 is 33.6 Å². The van der Waals surface area contributed by atoms with Crippen LogP contribution in [0.25, 0.3) is 5.76 Å². The molecule has 1 aliphatic heterocycles. The number of rotatable bonds is 7. The number of ether oxygens (including phenoxy) is 4. The van der Waals surface area contributed by atoms with E-state index in [9.17, 15) is 14.7 Å². The zero-order chi connectivity index (χ0) is 26.9. The molecule has 0 aliphatic carbocycles. The van der Waals surface area contributed by atoms with Crippen LogP contribution in [0.5, 0.6) is 23.0 Å². The average molecular weight is 504 g/mol. The van der Waals surface area contributed by atoms with Crippen LogP contribution < -0.4 is 23.8 Å². The molecular formula is C29H29NO7. The Morgan fingerprint density at radius 1 is 0.757 bits per heavy atom. The van der Waals surface area contributed by atoms with Crippen molar-refractivity contribution in [2.75, 3.05) is 33.3 Å². The molecule has 0 saturated carbocycles. The van der Waals surface area contributed by atoms with Crippen LogP contribution in [0.15, 0.2) is 60.2 Å². The minimum Gasteiger partial charge on any atom is -0.507 e. The molecule has 1 unspecified atom stereocenters. The molecule has 1 aliphatic rings. The number of carbonyl (C=O) groups is 2. The van der Waals surface area contributed by atoms with Gasteiger partial charge in [-0.15, -0.1) is 0 Å². The van der Waals surface area contributed by atoms with Crippen LogP contribution >= 0.6 is 0 Å². The second kappa shape index (κ2) is 10.3. The Balaban J connectivity index is 2.05. The summed E-state index contributed by atoms with van der Waals surface area (Å²) in [5, 5.41) is 11.6. The maximum atomic E-state index is 13.5. The highest BCUT2D eigenvalue weighted by atomic mass is 16.5. The zero-order valence-electron chi connectivity index (χ0n) is 21.6. The zero-order valence-corrected chi connectivity index (χ0v) is 21.6. The van der Waals surface area contributed by atoms with E-state index in [1.165, 1.54) is 33.3 Å². The number of hydrogen-bond acceptors (Lipinski definition) is 7. The van der Waals surface area contributed by atoms with Crippen LogP contribution in [0.1, 0.15) is 28.3 Å². The molecule has 1 amide bonds. The van der Waals surface area contributed by atoms with Crippen LogP contribution in [0.4, 0.5) is 5.69 Å². The lowest BCUT2D eigenvalue weighted by molar-refractivity contribution is -0.132. The Kier molecular flexibility index (Phi) is 7.11. The van der Waals surface area contributed by atoms with Crippen LogP contribution in [-0.2, 0) is 9.59 Å². The van der Waals surface area contributed by atoms with Crippen molar-refractivity contribution in [3.63, 3.8) is 0 Å².